The number of halogens is 1. The molecule has 0 saturated heterocycles. The van der Waals surface area contributed by atoms with Crippen molar-refractivity contribution in [2.45, 2.75) is 26.8 Å². The highest BCUT2D eigenvalue weighted by Gasteiger charge is 2.17. The van der Waals surface area contributed by atoms with Gasteiger partial charge in [-0.3, -0.25) is 0 Å². The maximum absolute atomic E-state index is 6.48. The maximum atomic E-state index is 6.48. The van der Waals surface area contributed by atoms with Gasteiger partial charge in [-0.1, -0.05) is 51.8 Å². The maximum Gasteiger partial charge on any atom is 0.124 e. The molecule has 0 radical (unpaired) electrons. The van der Waals surface area contributed by atoms with Crippen molar-refractivity contribution in [1.29, 1.82) is 0 Å². The third-order valence-corrected chi connectivity index (χ3v) is 4.44. The third kappa shape index (κ3) is 3.05. The molecule has 2 rings (SSSR count). The molecule has 1 atom stereocenters. The molecule has 2 N–H and O–H groups in total. The summed E-state index contributed by atoms with van der Waals surface area (Å²) < 4.78 is 6.78. The van der Waals surface area contributed by atoms with Crippen LogP contribution in [0.25, 0.3) is 0 Å². The first-order valence-corrected chi connectivity index (χ1v) is 7.57. The molecule has 0 spiro atoms. The molecule has 2 aromatic rings. The van der Waals surface area contributed by atoms with Crippen molar-refractivity contribution in [2.24, 2.45) is 5.73 Å². The Labute approximate surface area is 129 Å². The predicted molar refractivity (Wildman–Crippen MR) is 87.3 cm³/mol. The molecule has 0 bridgehead atoms. The van der Waals surface area contributed by atoms with E-state index in [4.69, 9.17) is 10.5 Å². The van der Waals surface area contributed by atoms with Gasteiger partial charge >= 0.3 is 0 Å². The van der Waals surface area contributed by atoms with E-state index >= 15 is 0 Å². The summed E-state index contributed by atoms with van der Waals surface area (Å²) in [4.78, 5) is 0. The van der Waals surface area contributed by atoms with Gasteiger partial charge in [0.15, 0.2) is 0 Å². The summed E-state index contributed by atoms with van der Waals surface area (Å²) in [7, 11) is 0. The first kappa shape index (κ1) is 15.1. The molecule has 0 amide bonds. The van der Waals surface area contributed by atoms with Gasteiger partial charge in [-0.05, 0) is 38.0 Å². The van der Waals surface area contributed by atoms with E-state index in [2.05, 4.69) is 48.0 Å². The molecule has 0 aliphatic rings. The standard InChI is InChI=1S/C17H20BrNO/c1-4-20-15-9-8-11(2)10-14(15)17(19)13-7-5-6-12(3)16(13)18/h5-10,17H,4,19H2,1-3H3. The van der Waals surface area contributed by atoms with Crippen molar-refractivity contribution in [1.82, 2.24) is 0 Å². The Balaban J connectivity index is 2.49. The predicted octanol–water partition coefficient (Wildman–Crippen LogP) is 4.51. The zero-order valence-electron chi connectivity index (χ0n) is 12.1. The van der Waals surface area contributed by atoms with E-state index in [1.54, 1.807) is 0 Å². The quantitative estimate of drug-likeness (QED) is 0.893. The van der Waals surface area contributed by atoms with Crippen LogP contribution in [0.5, 0.6) is 5.75 Å². The Morgan fingerprint density at radius 2 is 1.90 bits per heavy atom. The highest BCUT2D eigenvalue weighted by Crippen LogP contribution is 2.34. The van der Waals surface area contributed by atoms with Crippen LogP contribution in [0.1, 0.15) is 35.2 Å². The van der Waals surface area contributed by atoms with Gasteiger partial charge in [0.25, 0.3) is 0 Å². The van der Waals surface area contributed by atoms with Crippen LogP contribution in [0.2, 0.25) is 0 Å². The normalized spacial score (nSPS) is 12.2. The average Bonchev–Trinajstić information content (AvgIpc) is 2.43. The zero-order valence-corrected chi connectivity index (χ0v) is 13.7. The number of benzene rings is 2. The van der Waals surface area contributed by atoms with Crippen molar-refractivity contribution in [2.75, 3.05) is 6.61 Å². The zero-order chi connectivity index (χ0) is 14.7. The molecule has 0 fully saturated rings. The average molecular weight is 334 g/mol. The van der Waals surface area contributed by atoms with Crippen molar-refractivity contribution >= 4 is 15.9 Å². The van der Waals surface area contributed by atoms with E-state index in [-0.39, 0.29) is 6.04 Å². The molecule has 3 heteroatoms. The van der Waals surface area contributed by atoms with Gasteiger partial charge in [0.1, 0.15) is 5.75 Å². The molecule has 0 aromatic heterocycles. The molecule has 0 heterocycles. The molecular weight excluding hydrogens is 314 g/mol. The fraction of sp³-hybridized carbons (Fsp3) is 0.294. The molecule has 2 nitrogen and oxygen atoms in total. The summed E-state index contributed by atoms with van der Waals surface area (Å²) in [5, 5.41) is 0. The lowest BCUT2D eigenvalue weighted by molar-refractivity contribution is 0.335. The van der Waals surface area contributed by atoms with Gasteiger partial charge in [0, 0.05) is 10.0 Å². The van der Waals surface area contributed by atoms with Crippen molar-refractivity contribution in [3.63, 3.8) is 0 Å². The first-order chi connectivity index (χ1) is 9.54. The minimum Gasteiger partial charge on any atom is -0.494 e. The minimum absolute atomic E-state index is 0.203. The van der Waals surface area contributed by atoms with Crippen LogP contribution in [-0.2, 0) is 0 Å². The summed E-state index contributed by atoms with van der Waals surface area (Å²) in [5.41, 5.74) is 10.9. The molecule has 0 aliphatic carbocycles. The minimum atomic E-state index is -0.203. The molecule has 0 saturated carbocycles. The van der Waals surface area contributed by atoms with Crippen LogP contribution in [0.4, 0.5) is 0 Å². The van der Waals surface area contributed by atoms with Crippen LogP contribution >= 0.6 is 15.9 Å². The molecule has 106 valence electrons. The van der Waals surface area contributed by atoms with Crippen LogP contribution in [0, 0.1) is 13.8 Å². The Bertz CT molecular complexity index is 610. The van der Waals surface area contributed by atoms with Gasteiger partial charge < -0.3 is 10.5 Å². The number of rotatable bonds is 4. The molecular formula is C17H20BrNO. The summed E-state index contributed by atoms with van der Waals surface area (Å²) in [6.45, 7) is 6.76. The summed E-state index contributed by atoms with van der Waals surface area (Å²) >= 11 is 3.64. The van der Waals surface area contributed by atoms with Crippen LogP contribution in [0.3, 0.4) is 0 Å². The molecule has 2 aromatic carbocycles. The highest BCUT2D eigenvalue weighted by atomic mass is 79.9. The molecule has 20 heavy (non-hydrogen) atoms. The molecule has 0 aliphatic heterocycles. The number of hydrogen-bond donors (Lipinski definition) is 1. The van der Waals surface area contributed by atoms with E-state index < -0.39 is 0 Å². The Morgan fingerprint density at radius 1 is 1.15 bits per heavy atom. The third-order valence-electron chi connectivity index (χ3n) is 3.36. The smallest absolute Gasteiger partial charge is 0.124 e. The lowest BCUT2D eigenvalue weighted by Gasteiger charge is -2.19. The summed E-state index contributed by atoms with van der Waals surface area (Å²) in [5.74, 6) is 0.860. The number of nitrogens with two attached hydrogens (primary N) is 1. The van der Waals surface area contributed by atoms with Gasteiger partial charge in [0.2, 0.25) is 0 Å². The van der Waals surface area contributed by atoms with E-state index in [1.807, 2.05) is 25.1 Å². The fourth-order valence-corrected chi connectivity index (χ4v) is 2.79. The highest BCUT2D eigenvalue weighted by molar-refractivity contribution is 9.10. The largest absolute Gasteiger partial charge is 0.494 e. The van der Waals surface area contributed by atoms with Crippen LogP contribution < -0.4 is 10.5 Å². The van der Waals surface area contributed by atoms with Crippen molar-refractivity contribution in [3.8, 4) is 5.75 Å². The van der Waals surface area contributed by atoms with E-state index in [0.29, 0.717) is 6.61 Å². The van der Waals surface area contributed by atoms with Gasteiger partial charge in [-0.2, -0.15) is 0 Å². The number of aryl methyl sites for hydroxylation is 2. The Morgan fingerprint density at radius 3 is 2.60 bits per heavy atom. The number of ether oxygens (including phenoxy) is 1. The monoisotopic (exact) mass is 333 g/mol. The number of hydrogen-bond acceptors (Lipinski definition) is 2. The SMILES string of the molecule is CCOc1ccc(C)cc1C(N)c1cccc(C)c1Br. The fourth-order valence-electron chi connectivity index (χ4n) is 2.28. The van der Waals surface area contributed by atoms with E-state index in [9.17, 15) is 0 Å². The topological polar surface area (TPSA) is 35.2 Å². The van der Waals surface area contributed by atoms with E-state index in [1.165, 1.54) is 11.1 Å². The van der Waals surface area contributed by atoms with Gasteiger partial charge in [-0.15, -0.1) is 0 Å². The second kappa shape index (κ2) is 6.42. The summed E-state index contributed by atoms with van der Waals surface area (Å²) in [6, 6.07) is 12.1. The van der Waals surface area contributed by atoms with Crippen LogP contribution in [0.15, 0.2) is 40.9 Å². The van der Waals surface area contributed by atoms with E-state index in [0.717, 1.165) is 21.3 Å². The lowest BCUT2D eigenvalue weighted by atomic mass is 9.96. The Hall–Kier alpha value is -1.32. The van der Waals surface area contributed by atoms with Crippen molar-refractivity contribution in [3.05, 3.63) is 63.1 Å². The molecule has 1 unspecified atom stereocenters. The van der Waals surface area contributed by atoms with Gasteiger partial charge in [0.05, 0.1) is 12.6 Å². The second-order valence-corrected chi connectivity index (χ2v) is 5.72. The Kier molecular flexibility index (Phi) is 4.84. The van der Waals surface area contributed by atoms with Crippen molar-refractivity contribution < 1.29 is 4.74 Å². The summed E-state index contributed by atoms with van der Waals surface area (Å²) in [6.07, 6.45) is 0. The lowest BCUT2D eigenvalue weighted by Crippen LogP contribution is -2.14. The second-order valence-electron chi connectivity index (χ2n) is 4.93. The van der Waals surface area contributed by atoms with Gasteiger partial charge in [-0.25, -0.2) is 0 Å². The first-order valence-electron chi connectivity index (χ1n) is 6.78. The van der Waals surface area contributed by atoms with Crippen LogP contribution in [-0.4, -0.2) is 6.61 Å².